The fourth-order valence-corrected chi connectivity index (χ4v) is 2.22. The van der Waals surface area contributed by atoms with Gasteiger partial charge in [0.1, 0.15) is 19.0 Å². The molecule has 3 rings (SSSR count). The molecule has 0 fully saturated rings. The molecule has 0 atom stereocenters. The van der Waals surface area contributed by atoms with Gasteiger partial charge in [-0.05, 0) is 29.8 Å². The van der Waals surface area contributed by atoms with Gasteiger partial charge in [0.15, 0.2) is 11.5 Å². The molecule has 1 aliphatic rings. The second-order valence-electron chi connectivity index (χ2n) is 5.00. The van der Waals surface area contributed by atoms with Gasteiger partial charge in [0.25, 0.3) is 0 Å². The minimum atomic E-state index is -1.14. The van der Waals surface area contributed by atoms with Gasteiger partial charge in [-0.3, -0.25) is 4.79 Å². The molecule has 1 aromatic heterocycles. The van der Waals surface area contributed by atoms with Crippen molar-refractivity contribution in [1.29, 1.82) is 0 Å². The van der Waals surface area contributed by atoms with Crippen LogP contribution in [-0.2, 0) is 17.8 Å². The number of hydrogen-bond acceptors (Lipinski definition) is 5. The van der Waals surface area contributed by atoms with E-state index in [1.165, 1.54) is 12.1 Å². The van der Waals surface area contributed by atoms with Gasteiger partial charge in [0, 0.05) is 0 Å². The summed E-state index contributed by atoms with van der Waals surface area (Å²) in [5.41, 5.74) is 0.803. The van der Waals surface area contributed by atoms with Crippen molar-refractivity contribution in [2.75, 3.05) is 13.2 Å². The first kappa shape index (κ1) is 15.0. The van der Waals surface area contributed by atoms with E-state index in [1.54, 1.807) is 12.1 Å². The van der Waals surface area contributed by atoms with Gasteiger partial charge in [-0.1, -0.05) is 6.07 Å². The number of carbonyl (C=O) groups is 2. The number of rotatable bonds is 5. The number of aromatic carboxylic acids is 1. The fourth-order valence-electron chi connectivity index (χ4n) is 2.22. The van der Waals surface area contributed by atoms with Crippen LogP contribution in [0.25, 0.3) is 0 Å². The number of benzene rings is 1. The summed E-state index contributed by atoms with van der Waals surface area (Å²) in [4.78, 5) is 22.7. The quantitative estimate of drug-likeness (QED) is 0.869. The van der Waals surface area contributed by atoms with Crippen molar-refractivity contribution in [3.63, 3.8) is 0 Å². The lowest BCUT2D eigenvalue weighted by Crippen LogP contribution is -2.24. The van der Waals surface area contributed by atoms with E-state index >= 15 is 0 Å². The predicted octanol–water partition coefficient (Wildman–Crippen LogP) is 1.61. The summed E-state index contributed by atoms with van der Waals surface area (Å²) in [6.07, 6.45) is 0.184. The fraction of sp³-hybridized carbons (Fsp3) is 0.250. The molecule has 0 radical (unpaired) electrons. The first-order valence-corrected chi connectivity index (χ1v) is 7.09. The predicted molar refractivity (Wildman–Crippen MR) is 78.7 cm³/mol. The third-order valence-corrected chi connectivity index (χ3v) is 3.30. The molecular weight excluding hydrogens is 302 g/mol. The Balaban J connectivity index is 1.55. The van der Waals surface area contributed by atoms with Crippen LogP contribution in [0.2, 0.25) is 0 Å². The lowest BCUT2D eigenvalue weighted by molar-refractivity contribution is -0.120. The Hall–Kier alpha value is -2.96. The number of carboxylic acid groups (broad SMARTS) is 1. The molecule has 1 aromatic carbocycles. The van der Waals surface area contributed by atoms with Crippen LogP contribution >= 0.6 is 0 Å². The average Bonchev–Trinajstić information content (AvgIpc) is 3.02. The summed E-state index contributed by atoms with van der Waals surface area (Å²) in [5, 5.41) is 11.4. The van der Waals surface area contributed by atoms with Gasteiger partial charge in [-0.2, -0.15) is 0 Å². The lowest BCUT2D eigenvalue weighted by atomic mass is 10.1. The molecule has 0 bridgehead atoms. The van der Waals surface area contributed by atoms with Crippen LogP contribution in [0, 0.1) is 0 Å². The van der Waals surface area contributed by atoms with Crippen molar-refractivity contribution in [3.8, 4) is 11.5 Å². The van der Waals surface area contributed by atoms with E-state index in [0.717, 1.165) is 5.56 Å². The molecule has 120 valence electrons. The minimum Gasteiger partial charge on any atom is -0.486 e. The Morgan fingerprint density at radius 3 is 2.61 bits per heavy atom. The van der Waals surface area contributed by atoms with E-state index in [2.05, 4.69) is 5.32 Å². The van der Waals surface area contributed by atoms with E-state index in [0.29, 0.717) is 30.5 Å². The summed E-state index contributed by atoms with van der Waals surface area (Å²) in [6, 6.07) is 8.24. The standard InChI is InChI=1S/C16H15NO6/c18-15(17-9-11-2-4-13(23-11)16(19)20)8-10-1-3-12-14(7-10)22-6-5-21-12/h1-4,7H,5-6,8-9H2,(H,17,18)(H,19,20). The number of fused-ring (bicyclic) bond motifs is 1. The van der Waals surface area contributed by atoms with Crippen molar-refractivity contribution in [2.24, 2.45) is 0 Å². The smallest absolute Gasteiger partial charge is 0.371 e. The molecule has 2 N–H and O–H groups in total. The number of amides is 1. The Bertz CT molecular complexity index is 736. The van der Waals surface area contributed by atoms with Gasteiger partial charge in [0.05, 0.1) is 13.0 Å². The van der Waals surface area contributed by atoms with Crippen molar-refractivity contribution in [1.82, 2.24) is 5.32 Å². The van der Waals surface area contributed by atoms with Gasteiger partial charge in [0.2, 0.25) is 11.7 Å². The molecule has 1 aliphatic heterocycles. The molecule has 23 heavy (non-hydrogen) atoms. The minimum absolute atomic E-state index is 0.136. The molecule has 7 heteroatoms. The molecule has 2 heterocycles. The van der Waals surface area contributed by atoms with Gasteiger partial charge >= 0.3 is 5.97 Å². The third kappa shape index (κ3) is 3.63. The van der Waals surface area contributed by atoms with Gasteiger partial charge in [-0.15, -0.1) is 0 Å². The maximum Gasteiger partial charge on any atom is 0.371 e. The highest BCUT2D eigenvalue weighted by atomic mass is 16.6. The molecular formula is C16H15NO6. The Kier molecular flexibility index (Phi) is 4.18. The van der Waals surface area contributed by atoms with Crippen molar-refractivity contribution >= 4 is 11.9 Å². The molecule has 0 saturated carbocycles. The highest BCUT2D eigenvalue weighted by Gasteiger charge is 2.14. The molecule has 0 aliphatic carbocycles. The zero-order valence-corrected chi connectivity index (χ0v) is 12.2. The summed E-state index contributed by atoms with van der Waals surface area (Å²) < 4.78 is 16.0. The van der Waals surface area contributed by atoms with Crippen molar-refractivity contribution < 1.29 is 28.6 Å². The number of hydrogen-bond donors (Lipinski definition) is 2. The first-order chi connectivity index (χ1) is 11.1. The number of furan rings is 1. The van der Waals surface area contributed by atoms with Crippen molar-refractivity contribution in [2.45, 2.75) is 13.0 Å². The second kappa shape index (κ2) is 6.43. The highest BCUT2D eigenvalue weighted by Crippen LogP contribution is 2.30. The SMILES string of the molecule is O=C(Cc1ccc2c(c1)OCCO2)NCc1ccc(C(=O)O)o1. The van der Waals surface area contributed by atoms with E-state index in [1.807, 2.05) is 6.07 Å². The Labute approximate surface area is 131 Å². The summed E-state index contributed by atoms with van der Waals surface area (Å²) >= 11 is 0. The number of ether oxygens (including phenoxy) is 2. The molecule has 0 spiro atoms. The average molecular weight is 317 g/mol. The molecule has 0 unspecified atom stereocenters. The van der Waals surface area contributed by atoms with E-state index in [9.17, 15) is 9.59 Å². The lowest BCUT2D eigenvalue weighted by Gasteiger charge is -2.18. The Morgan fingerprint density at radius 1 is 1.09 bits per heavy atom. The molecule has 7 nitrogen and oxygen atoms in total. The zero-order chi connectivity index (χ0) is 16.2. The number of carboxylic acids is 1. The summed E-state index contributed by atoms with van der Waals surface area (Å²) in [5.74, 6) is 0.212. The zero-order valence-electron chi connectivity index (χ0n) is 12.2. The van der Waals surface area contributed by atoms with Gasteiger partial charge < -0.3 is 24.3 Å². The molecule has 0 saturated heterocycles. The van der Waals surface area contributed by atoms with Crippen LogP contribution in [0.3, 0.4) is 0 Å². The maximum absolute atomic E-state index is 12.0. The van der Waals surface area contributed by atoms with Crippen LogP contribution in [0.4, 0.5) is 0 Å². The Morgan fingerprint density at radius 2 is 1.87 bits per heavy atom. The topological polar surface area (TPSA) is 98.0 Å². The largest absolute Gasteiger partial charge is 0.486 e. The normalized spacial score (nSPS) is 12.7. The van der Waals surface area contributed by atoms with E-state index in [-0.39, 0.29) is 24.6 Å². The van der Waals surface area contributed by atoms with E-state index < -0.39 is 5.97 Å². The summed E-state index contributed by atoms with van der Waals surface area (Å²) in [6.45, 7) is 1.15. The van der Waals surface area contributed by atoms with Crippen molar-refractivity contribution in [3.05, 3.63) is 47.4 Å². The van der Waals surface area contributed by atoms with E-state index in [4.69, 9.17) is 19.0 Å². The molecule has 2 aromatic rings. The van der Waals surface area contributed by atoms with Crippen LogP contribution in [0.1, 0.15) is 21.9 Å². The monoisotopic (exact) mass is 317 g/mol. The van der Waals surface area contributed by atoms with Crippen LogP contribution in [0.5, 0.6) is 11.5 Å². The molecule has 1 amide bonds. The number of carbonyl (C=O) groups excluding carboxylic acids is 1. The third-order valence-electron chi connectivity index (χ3n) is 3.30. The first-order valence-electron chi connectivity index (χ1n) is 7.09. The van der Waals surface area contributed by atoms with Gasteiger partial charge in [-0.25, -0.2) is 4.79 Å². The van der Waals surface area contributed by atoms with Crippen LogP contribution < -0.4 is 14.8 Å². The number of nitrogens with one attached hydrogen (secondary N) is 1. The second-order valence-corrected chi connectivity index (χ2v) is 5.00. The van der Waals surface area contributed by atoms with Crippen LogP contribution in [-0.4, -0.2) is 30.2 Å². The highest BCUT2D eigenvalue weighted by molar-refractivity contribution is 5.84. The maximum atomic E-state index is 12.0. The van der Waals surface area contributed by atoms with Crippen LogP contribution in [0.15, 0.2) is 34.7 Å². The summed E-state index contributed by atoms with van der Waals surface area (Å²) in [7, 11) is 0.